The monoisotopic (exact) mass is 574 g/mol. The molecule has 1 aromatic carbocycles. The molecule has 3 aromatic rings. The van der Waals surface area contributed by atoms with E-state index >= 15 is 0 Å². The van der Waals surface area contributed by atoms with Crippen LogP contribution in [0.1, 0.15) is 18.7 Å². The third-order valence-corrected chi connectivity index (χ3v) is 7.31. The summed E-state index contributed by atoms with van der Waals surface area (Å²) in [6, 6.07) is 9.07. The largest absolute Gasteiger partial charge is 0.481 e. The Labute approximate surface area is 227 Å². The summed E-state index contributed by atoms with van der Waals surface area (Å²) in [6.07, 6.45) is 1.23. The van der Waals surface area contributed by atoms with Crippen LogP contribution in [0.3, 0.4) is 0 Å². The van der Waals surface area contributed by atoms with Crippen molar-refractivity contribution in [3.63, 3.8) is 0 Å². The van der Waals surface area contributed by atoms with Gasteiger partial charge >= 0.3 is 19.6 Å². The van der Waals surface area contributed by atoms with Crippen LogP contribution in [0.15, 0.2) is 49.1 Å². The Kier molecular flexibility index (Phi) is 8.21. The topological polar surface area (TPSA) is 196 Å². The first kappa shape index (κ1) is 27.8. The molecule has 2 amide bonds. The van der Waals surface area contributed by atoms with Gasteiger partial charge in [0.15, 0.2) is 29.5 Å². The van der Waals surface area contributed by atoms with Gasteiger partial charge in [-0.3, -0.25) is 19.2 Å². The van der Waals surface area contributed by atoms with Crippen molar-refractivity contribution < 1.29 is 42.9 Å². The fraction of sp³-hybridized carbons (Fsp3) is 0.375. The van der Waals surface area contributed by atoms with Crippen molar-refractivity contribution in [2.24, 2.45) is 0 Å². The van der Waals surface area contributed by atoms with Gasteiger partial charge in [-0.1, -0.05) is 36.4 Å². The molecule has 5 rings (SSSR count). The predicted molar refractivity (Wildman–Crippen MR) is 139 cm³/mol. The van der Waals surface area contributed by atoms with Crippen LogP contribution in [0.5, 0.6) is 0 Å². The van der Waals surface area contributed by atoms with Crippen LogP contribution in [0.25, 0.3) is 17.2 Å². The number of carboxylic acids is 1. The highest BCUT2D eigenvalue weighted by Crippen LogP contribution is 2.45. The molecule has 0 aliphatic carbocycles. The summed E-state index contributed by atoms with van der Waals surface area (Å²) in [7, 11) is -4.43. The Bertz CT molecular complexity index is 1450. The smallest absolute Gasteiger partial charge is 0.339 e. The van der Waals surface area contributed by atoms with E-state index in [0.717, 1.165) is 5.56 Å². The minimum atomic E-state index is -4.43. The van der Waals surface area contributed by atoms with Gasteiger partial charge in [-0.15, -0.1) is 0 Å². The van der Waals surface area contributed by atoms with Crippen molar-refractivity contribution in [3.8, 4) is 0 Å². The number of carbonyl (C=O) groups is 2. The number of hydrogen-bond donors (Lipinski definition) is 4. The van der Waals surface area contributed by atoms with Crippen molar-refractivity contribution >= 4 is 42.7 Å². The lowest BCUT2D eigenvalue weighted by atomic mass is 10.1. The number of amides is 2. The zero-order chi connectivity index (χ0) is 28.3. The molecule has 0 radical (unpaired) electrons. The lowest BCUT2D eigenvalue weighted by Crippen LogP contribution is -2.31. The molecule has 3 unspecified atom stereocenters. The van der Waals surface area contributed by atoms with E-state index in [0.29, 0.717) is 17.7 Å². The summed E-state index contributed by atoms with van der Waals surface area (Å²) in [5.74, 6) is -1.28. The first-order valence-corrected chi connectivity index (χ1v) is 14.1. The van der Waals surface area contributed by atoms with Gasteiger partial charge in [-0.25, -0.2) is 19.7 Å². The SMILES string of the molecule is CCNC(=O)Nc1ncnc2c1ncn2[C@@H]1O[C@H](COP(=O)(O)CC(=O)O)C2O[C@H](/C=C/c3ccccc3)OC21. The van der Waals surface area contributed by atoms with E-state index in [9.17, 15) is 19.0 Å². The quantitative estimate of drug-likeness (QED) is 0.257. The normalized spacial score (nSPS) is 25.6. The van der Waals surface area contributed by atoms with E-state index in [1.807, 2.05) is 36.4 Å². The molecular formula is C24H27N6O9P. The number of anilines is 1. The minimum Gasteiger partial charge on any atom is -0.481 e. The van der Waals surface area contributed by atoms with Gasteiger partial charge in [0.2, 0.25) is 0 Å². The van der Waals surface area contributed by atoms with Crippen LogP contribution >= 0.6 is 7.60 Å². The maximum absolute atomic E-state index is 12.2. The molecule has 2 saturated heterocycles. The summed E-state index contributed by atoms with van der Waals surface area (Å²) in [5.41, 5.74) is 1.56. The number of fused-ring (bicyclic) bond motifs is 2. The molecule has 15 nitrogen and oxygen atoms in total. The standard InChI is InChI=1S/C24H27N6O9P/c1-2-25-24(33)29-21-18-22(27-12-26-21)30(13-28-18)23-20-19(15(37-23)10-36-40(34,35)11-16(31)32)38-17(39-20)9-8-14-6-4-3-5-7-14/h3-9,12-13,15,17,19-20,23H,2,10-11H2,1H3,(H,31,32)(H,34,35)(H2,25,26,27,29,33)/b9-8+/t15-,17+,19?,20?,23-/m1/s1. The molecule has 212 valence electrons. The fourth-order valence-electron chi connectivity index (χ4n) is 4.41. The number of nitrogens with zero attached hydrogens (tertiary/aromatic N) is 4. The van der Waals surface area contributed by atoms with E-state index in [1.54, 1.807) is 17.6 Å². The van der Waals surface area contributed by atoms with E-state index in [2.05, 4.69) is 25.6 Å². The van der Waals surface area contributed by atoms with Gasteiger partial charge in [0.1, 0.15) is 30.8 Å². The van der Waals surface area contributed by atoms with Gasteiger partial charge in [0.05, 0.1) is 12.9 Å². The van der Waals surface area contributed by atoms with Crippen molar-refractivity contribution in [1.29, 1.82) is 0 Å². The molecule has 4 heterocycles. The molecule has 16 heteroatoms. The molecule has 2 fully saturated rings. The number of rotatable bonds is 10. The molecular weight excluding hydrogens is 547 g/mol. The molecule has 2 aliphatic rings. The Morgan fingerprint density at radius 1 is 1.15 bits per heavy atom. The third kappa shape index (κ3) is 6.20. The van der Waals surface area contributed by atoms with Crippen LogP contribution < -0.4 is 10.6 Å². The first-order valence-electron chi connectivity index (χ1n) is 12.3. The summed E-state index contributed by atoms with van der Waals surface area (Å²) >= 11 is 0. The van der Waals surface area contributed by atoms with Crippen molar-refractivity contribution in [3.05, 3.63) is 54.6 Å². The number of benzene rings is 1. The second-order valence-corrected chi connectivity index (χ2v) is 10.8. The second-order valence-electron chi connectivity index (χ2n) is 8.92. The van der Waals surface area contributed by atoms with Gasteiger partial charge in [0.25, 0.3) is 0 Å². The molecule has 0 spiro atoms. The number of carboxylic acid groups (broad SMARTS) is 1. The zero-order valence-electron chi connectivity index (χ0n) is 21.2. The van der Waals surface area contributed by atoms with E-state index < -0.39 is 63.2 Å². The number of urea groups is 1. The lowest BCUT2D eigenvalue weighted by molar-refractivity contribution is -0.135. The number of aliphatic carboxylic acids is 1. The molecule has 2 aliphatic heterocycles. The Balaban J connectivity index is 1.40. The van der Waals surface area contributed by atoms with E-state index in [1.165, 1.54) is 12.7 Å². The molecule has 0 saturated carbocycles. The highest BCUT2D eigenvalue weighted by molar-refractivity contribution is 7.53. The number of carbonyl (C=O) groups excluding carboxylic acids is 1. The van der Waals surface area contributed by atoms with Crippen LogP contribution in [0.4, 0.5) is 10.6 Å². The average molecular weight is 574 g/mol. The molecule has 40 heavy (non-hydrogen) atoms. The molecule has 2 aromatic heterocycles. The van der Waals surface area contributed by atoms with E-state index in [-0.39, 0.29) is 5.82 Å². The van der Waals surface area contributed by atoms with Gasteiger partial charge in [0, 0.05) is 6.54 Å². The zero-order valence-corrected chi connectivity index (χ0v) is 22.1. The summed E-state index contributed by atoms with van der Waals surface area (Å²) < 4.78 is 37.2. The second kappa shape index (κ2) is 11.8. The Hall–Kier alpha value is -3.72. The number of hydrogen-bond acceptors (Lipinski definition) is 10. The lowest BCUT2D eigenvalue weighted by Gasteiger charge is -2.21. The van der Waals surface area contributed by atoms with Crippen molar-refractivity contribution in [2.45, 2.75) is 37.8 Å². The number of ether oxygens (including phenoxy) is 3. The van der Waals surface area contributed by atoms with Crippen molar-refractivity contribution in [2.75, 3.05) is 24.6 Å². The van der Waals surface area contributed by atoms with Crippen molar-refractivity contribution in [1.82, 2.24) is 24.8 Å². The maximum atomic E-state index is 12.2. The molecule has 4 N–H and O–H groups in total. The van der Waals surface area contributed by atoms with Crippen LogP contribution in [0, 0.1) is 0 Å². The van der Waals surface area contributed by atoms with Gasteiger partial charge in [-0.2, -0.15) is 0 Å². The summed E-state index contributed by atoms with van der Waals surface area (Å²) in [6.45, 7) is 1.77. The van der Waals surface area contributed by atoms with E-state index in [4.69, 9.17) is 23.8 Å². The highest BCUT2D eigenvalue weighted by Gasteiger charge is 2.54. The van der Waals surface area contributed by atoms with Gasteiger partial charge in [-0.05, 0) is 18.6 Å². The van der Waals surface area contributed by atoms with Crippen LogP contribution in [0.2, 0.25) is 0 Å². The predicted octanol–water partition coefficient (Wildman–Crippen LogP) is 1.98. The highest BCUT2D eigenvalue weighted by atomic mass is 31.2. The van der Waals surface area contributed by atoms with Crippen LogP contribution in [-0.4, -0.2) is 85.4 Å². The Morgan fingerprint density at radius 2 is 1.93 bits per heavy atom. The third-order valence-electron chi connectivity index (χ3n) is 6.09. The average Bonchev–Trinajstić information content (AvgIpc) is 3.60. The molecule has 0 bridgehead atoms. The number of aromatic nitrogens is 4. The fourth-order valence-corrected chi connectivity index (χ4v) is 5.22. The Morgan fingerprint density at radius 3 is 2.67 bits per heavy atom. The molecule has 6 atom stereocenters. The van der Waals surface area contributed by atoms with Crippen LogP contribution in [-0.2, 0) is 28.1 Å². The first-order chi connectivity index (χ1) is 19.2. The summed E-state index contributed by atoms with van der Waals surface area (Å²) in [5, 5.41) is 14.1. The maximum Gasteiger partial charge on any atom is 0.339 e. The summed E-state index contributed by atoms with van der Waals surface area (Å²) in [4.78, 5) is 45.7. The number of nitrogens with one attached hydrogen (secondary N) is 2. The number of imidazole rings is 1. The van der Waals surface area contributed by atoms with Gasteiger partial charge < -0.3 is 34.1 Å². The minimum absolute atomic E-state index is 0.186.